The first-order valence-electron chi connectivity index (χ1n) is 9.05. The fourth-order valence-electron chi connectivity index (χ4n) is 2.77. The van der Waals surface area contributed by atoms with Crippen LogP contribution in [0.1, 0.15) is 0 Å². The summed E-state index contributed by atoms with van der Waals surface area (Å²) in [5.41, 5.74) is 2.31. The van der Waals surface area contributed by atoms with Crippen LogP contribution in [-0.2, 0) is 4.79 Å². The predicted molar refractivity (Wildman–Crippen MR) is 125 cm³/mol. The number of benzene rings is 3. The van der Waals surface area contributed by atoms with Gasteiger partial charge in [-0.05, 0) is 42.5 Å². The third-order valence-corrected chi connectivity index (χ3v) is 5.74. The van der Waals surface area contributed by atoms with Crippen molar-refractivity contribution < 1.29 is 4.79 Å². The number of rotatable bonds is 6. The van der Waals surface area contributed by atoms with Crippen molar-refractivity contribution in [2.24, 2.45) is 0 Å². The zero-order chi connectivity index (χ0) is 20.9. The van der Waals surface area contributed by atoms with E-state index in [9.17, 15) is 4.79 Å². The Labute approximate surface area is 187 Å². The summed E-state index contributed by atoms with van der Waals surface area (Å²) in [5, 5.41) is 8.37. The smallest absolute Gasteiger partial charge is 0.234 e. The summed E-state index contributed by atoms with van der Waals surface area (Å²) in [6, 6.07) is 22.5. The van der Waals surface area contributed by atoms with Crippen molar-refractivity contribution in [1.29, 1.82) is 0 Å². The van der Waals surface area contributed by atoms with E-state index in [2.05, 4.69) is 20.6 Å². The van der Waals surface area contributed by atoms with Gasteiger partial charge in [0.1, 0.15) is 5.82 Å². The van der Waals surface area contributed by atoms with E-state index in [4.69, 9.17) is 23.2 Å². The summed E-state index contributed by atoms with van der Waals surface area (Å²) in [5.74, 6) is 0.663. The summed E-state index contributed by atoms with van der Waals surface area (Å²) in [6.07, 6.45) is 0. The molecule has 5 nitrogen and oxygen atoms in total. The number of nitrogens with one attached hydrogen (secondary N) is 2. The molecule has 4 rings (SSSR count). The number of para-hydroxylation sites is 2. The molecule has 0 fully saturated rings. The molecule has 1 heterocycles. The number of hydrogen-bond acceptors (Lipinski definition) is 5. The number of amides is 1. The summed E-state index contributed by atoms with van der Waals surface area (Å²) in [7, 11) is 0. The number of hydrogen-bond donors (Lipinski definition) is 2. The highest BCUT2D eigenvalue weighted by atomic mass is 35.5. The minimum atomic E-state index is -0.187. The summed E-state index contributed by atoms with van der Waals surface area (Å²) in [4.78, 5) is 21.5. The summed E-state index contributed by atoms with van der Waals surface area (Å²) < 4.78 is 0. The highest BCUT2D eigenvalue weighted by Gasteiger charge is 2.11. The Kier molecular flexibility index (Phi) is 6.38. The van der Waals surface area contributed by atoms with Gasteiger partial charge in [-0.2, -0.15) is 0 Å². The quantitative estimate of drug-likeness (QED) is 0.260. The number of aromatic nitrogens is 2. The average Bonchev–Trinajstić information content (AvgIpc) is 2.76. The molecule has 0 atom stereocenters. The second kappa shape index (κ2) is 9.34. The molecule has 0 unspecified atom stereocenters. The maximum absolute atomic E-state index is 12.3. The van der Waals surface area contributed by atoms with E-state index >= 15 is 0 Å². The monoisotopic (exact) mass is 454 g/mol. The first-order valence-corrected chi connectivity index (χ1v) is 10.8. The van der Waals surface area contributed by atoms with E-state index in [0.717, 1.165) is 16.6 Å². The van der Waals surface area contributed by atoms with Gasteiger partial charge in [-0.15, -0.1) is 0 Å². The highest BCUT2D eigenvalue weighted by molar-refractivity contribution is 7.99. The standard InChI is InChI=1S/C22H16Cl2N4OS/c23-17-11-10-15(12-18(17)24)25-20(29)13-30-22-27-19-9-5-4-8-16(19)21(28-22)26-14-6-2-1-3-7-14/h1-12H,13H2,(H,25,29)(H,26,27,28). The molecule has 2 N–H and O–H groups in total. The molecule has 0 aliphatic carbocycles. The number of nitrogens with zero attached hydrogens (tertiary/aromatic N) is 2. The van der Waals surface area contributed by atoms with E-state index in [0.29, 0.717) is 26.7 Å². The van der Waals surface area contributed by atoms with Gasteiger partial charge in [-0.3, -0.25) is 4.79 Å². The van der Waals surface area contributed by atoms with Crippen LogP contribution < -0.4 is 10.6 Å². The van der Waals surface area contributed by atoms with Crippen LogP contribution in [0.25, 0.3) is 10.9 Å². The molecule has 1 amide bonds. The molecular weight excluding hydrogens is 439 g/mol. The maximum Gasteiger partial charge on any atom is 0.234 e. The van der Waals surface area contributed by atoms with E-state index in [-0.39, 0.29) is 11.7 Å². The van der Waals surface area contributed by atoms with E-state index < -0.39 is 0 Å². The number of carbonyl (C=O) groups excluding carboxylic acids is 1. The zero-order valence-corrected chi connectivity index (χ0v) is 17.9. The van der Waals surface area contributed by atoms with Crippen molar-refractivity contribution in [3.63, 3.8) is 0 Å². The molecule has 0 aliphatic heterocycles. The second-order valence-corrected chi connectivity index (χ2v) is 8.09. The van der Waals surface area contributed by atoms with Crippen LogP contribution in [0.5, 0.6) is 0 Å². The van der Waals surface area contributed by atoms with Crippen LogP contribution in [0.4, 0.5) is 17.2 Å². The largest absolute Gasteiger partial charge is 0.340 e. The minimum absolute atomic E-state index is 0.156. The second-order valence-electron chi connectivity index (χ2n) is 6.33. The molecule has 0 saturated heterocycles. The third kappa shape index (κ3) is 5.02. The molecule has 0 aliphatic rings. The molecule has 0 bridgehead atoms. The topological polar surface area (TPSA) is 66.9 Å². The van der Waals surface area contributed by atoms with Crippen LogP contribution >= 0.6 is 35.0 Å². The van der Waals surface area contributed by atoms with Crippen LogP contribution in [0.2, 0.25) is 10.0 Å². The van der Waals surface area contributed by atoms with Gasteiger partial charge >= 0.3 is 0 Å². The normalized spacial score (nSPS) is 10.7. The first-order chi connectivity index (χ1) is 14.6. The van der Waals surface area contributed by atoms with Crippen molar-refractivity contribution in [2.75, 3.05) is 16.4 Å². The Morgan fingerprint density at radius 1 is 0.867 bits per heavy atom. The highest BCUT2D eigenvalue weighted by Crippen LogP contribution is 2.28. The maximum atomic E-state index is 12.3. The van der Waals surface area contributed by atoms with Gasteiger partial charge in [-0.1, -0.05) is 65.3 Å². The molecule has 3 aromatic carbocycles. The predicted octanol–water partition coefficient (Wildman–Crippen LogP) is 6.41. The lowest BCUT2D eigenvalue weighted by Gasteiger charge is -2.11. The SMILES string of the molecule is O=C(CSc1nc(Nc2ccccc2)c2ccccc2n1)Nc1ccc(Cl)c(Cl)c1. The Morgan fingerprint density at radius 3 is 2.43 bits per heavy atom. The molecule has 0 saturated carbocycles. The number of halogens is 2. The summed E-state index contributed by atoms with van der Waals surface area (Å²) >= 11 is 13.2. The molecule has 8 heteroatoms. The van der Waals surface area contributed by atoms with Crippen molar-refractivity contribution in [1.82, 2.24) is 9.97 Å². The lowest BCUT2D eigenvalue weighted by Crippen LogP contribution is -2.14. The Hall–Kier alpha value is -2.80. The van der Waals surface area contributed by atoms with Crippen LogP contribution in [0, 0.1) is 0 Å². The van der Waals surface area contributed by atoms with Gasteiger partial charge in [0.15, 0.2) is 5.16 Å². The van der Waals surface area contributed by atoms with Crippen molar-refractivity contribution in [3.05, 3.63) is 82.8 Å². The number of anilines is 3. The van der Waals surface area contributed by atoms with Gasteiger partial charge in [0.2, 0.25) is 5.91 Å². The Balaban J connectivity index is 1.51. The average molecular weight is 455 g/mol. The van der Waals surface area contributed by atoms with E-state index in [1.54, 1.807) is 18.2 Å². The van der Waals surface area contributed by atoms with Crippen molar-refractivity contribution in [3.8, 4) is 0 Å². The van der Waals surface area contributed by atoms with Crippen molar-refractivity contribution in [2.45, 2.75) is 5.16 Å². The zero-order valence-electron chi connectivity index (χ0n) is 15.6. The van der Waals surface area contributed by atoms with Gasteiger partial charge < -0.3 is 10.6 Å². The molecule has 30 heavy (non-hydrogen) atoms. The van der Waals surface area contributed by atoms with Gasteiger partial charge in [0.05, 0.1) is 21.3 Å². The van der Waals surface area contributed by atoms with E-state index in [1.807, 2.05) is 54.6 Å². The molecule has 0 radical (unpaired) electrons. The molecule has 1 aromatic heterocycles. The first kappa shape index (κ1) is 20.5. The fourth-order valence-corrected chi connectivity index (χ4v) is 3.72. The van der Waals surface area contributed by atoms with Gasteiger partial charge in [0, 0.05) is 16.8 Å². The van der Waals surface area contributed by atoms with Crippen LogP contribution in [0.15, 0.2) is 78.0 Å². The van der Waals surface area contributed by atoms with Gasteiger partial charge in [-0.25, -0.2) is 9.97 Å². The molecular formula is C22H16Cl2N4OS. The summed E-state index contributed by atoms with van der Waals surface area (Å²) in [6.45, 7) is 0. The van der Waals surface area contributed by atoms with Crippen LogP contribution in [-0.4, -0.2) is 21.6 Å². The molecule has 0 spiro atoms. The Bertz CT molecular complexity index is 1200. The Morgan fingerprint density at radius 2 is 1.63 bits per heavy atom. The molecule has 150 valence electrons. The van der Waals surface area contributed by atoms with Gasteiger partial charge in [0.25, 0.3) is 0 Å². The van der Waals surface area contributed by atoms with Crippen LogP contribution in [0.3, 0.4) is 0 Å². The minimum Gasteiger partial charge on any atom is -0.340 e. The lowest BCUT2D eigenvalue weighted by molar-refractivity contribution is -0.113. The lowest BCUT2D eigenvalue weighted by atomic mass is 10.2. The third-order valence-electron chi connectivity index (χ3n) is 4.15. The number of fused-ring (bicyclic) bond motifs is 1. The van der Waals surface area contributed by atoms with Crippen molar-refractivity contribution >= 4 is 69.0 Å². The number of carbonyl (C=O) groups is 1. The van der Waals surface area contributed by atoms with E-state index in [1.165, 1.54) is 11.8 Å². The fraction of sp³-hybridized carbons (Fsp3) is 0.0455. The number of thioether (sulfide) groups is 1. The molecule has 4 aromatic rings.